The van der Waals surface area contributed by atoms with Crippen LogP contribution in [0, 0.1) is 0 Å². The monoisotopic (exact) mass is 846 g/mol. The van der Waals surface area contributed by atoms with Crippen LogP contribution in [-0.2, 0) is 6.42 Å². The van der Waals surface area contributed by atoms with E-state index in [1.165, 1.54) is 38.6 Å². The van der Waals surface area contributed by atoms with E-state index in [0.717, 1.165) is 73.8 Å². The molecular formula is C64H50N2. The summed E-state index contributed by atoms with van der Waals surface area (Å²) in [5.74, 6) is 0. The molecule has 2 heteroatoms. The zero-order valence-electron chi connectivity index (χ0n) is 37.2. The summed E-state index contributed by atoms with van der Waals surface area (Å²) in [6.07, 6.45) is 22.6. The zero-order valence-corrected chi connectivity index (χ0v) is 37.2. The largest absolute Gasteiger partial charge is 0.317 e. The number of rotatable bonds is 10. The van der Waals surface area contributed by atoms with Gasteiger partial charge >= 0.3 is 0 Å². The van der Waals surface area contributed by atoms with E-state index in [1.54, 1.807) is 0 Å². The maximum atomic E-state index is 4.82. The van der Waals surface area contributed by atoms with Gasteiger partial charge in [0.05, 0.1) is 5.69 Å². The van der Waals surface area contributed by atoms with Gasteiger partial charge in [0.25, 0.3) is 0 Å². The summed E-state index contributed by atoms with van der Waals surface area (Å²) >= 11 is 0. The van der Waals surface area contributed by atoms with Gasteiger partial charge in [-0.1, -0.05) is 201 Å². The van der Waals surface area contributed by atoms with Gasteiger partial charge < -0.3 is 9.80 Å². The molecule has 2 nitrogen and oxygen atoms in total. The second-order valence-electron chi connectivity index (χ2n) is 16.6. The summed E-state index contributed by atoms with van der Waals surface area (Å²) < 4.78 is 0. The van der Waals surface area contributed by atoms with Crippen molar-refractivity contribution >= 4 is 56.3 Å². The summed E-state index contributed by atoms with van der Waals surface area (Å²) in [4.78, 5) is 4.61. The quantitative estimate of drug-likeness (QED) is 0.127. The van der Waals surface area contributed by atoms with Crippen LogP contribution in [0.3, 0.4) is 0 Å². The number of benzene rings is 8. The highest BCUT2D eigenvalue weighted by molar-refractivity contribution is 6.08. The molecule has 0 unspecified atom stereocenters. The summed E-state index contributed by atoms with van der Waals surface area (Å²) in [7, 11) is 0. The molecule has 0 fully saturated rings. The molecule has 8 aromatic carbocycles. The minimum atomic E-state index is 0.895. The van der Waals surface area contributed by atoms with Crippen LogP contribution in [0.2, 0.25) is 0 Å². The number of nitrogens with zero attached hydrogens (tertiary/aromatic N) is 2. The topological polar surface area (TPSA) is 6.48 Å². The first-order chi connectivity index (χ1) is 32.5. The van der Waals surface area contributed by atoms with Crippen molar-refractivity contribution in [2.45, 2.75) is 13.3 Å². The van der Waals surface area contributed by atoms with E-state index >= 15 is 0 Å². The van der Waals surface area contributed by atoms with Gasteiger partial charge in [-0.05, 0) is 140 Å². The van der Waals surface area contributed by atoms with Crippen molar-refractivity contribution in [3.05, 3.63) is 290 Å². The fourth-order valence-electron chi connectivity index (χ4n) is 9.25. The molecule has 0 saturated carbocycles. The molecule has 10 rings (SSSR count). The number of hydrogen-bond donors (Lipinski definition) is 0. The molecule has 0 saturated heterocycles. The molecule has 1 heterocycles. The second-order valence-corrected chi connectivity index (χ2v) is 16.6. The van der Waals surface area contributed by atoms with Gasteiger partial charge in [0.2, 0.25) is 0 Å². The van der Waals surface area contributed by atoms with E-state index in [2.05, 4.69) is 272 Å². The average Bonchev–Trinajstić information content (AvgIpc) is 3.63. The Morgan fingerprint density at radius 3 is 2.15 bits per heavy atom. The van der Waals surface area contributed by atoms with E-state index in [9.17, 15) is 0 Å². The molecule has 0 N–H and O–H groups in total. The molecule has 0 bridgehead atoms. The van der Waals surface area contributed by atoms with Crippen molar-refractivity contribution in [3.63, 3.8) is 0 Å². The van der Waals surface area contributed by atoms with Crippen LogP contribution in [0.15, 0.2) is 262 Å². The summed E-state index contributed by atoms with van der Waals surface area (Å²) in [5, 5.41) is 2.39. The molecule has 2 aliphatic rings. The van der Waals surface area contributed by atoms with E-state index in [1.807, 2.05) is 0 Å². The Morgan fingerprint density at radius 1 is 0.591 bits per heavy atom. The van der Waals surface area contributed by atoms with E-state index in [-0.39, 0.29) is 0 Å². The van der Waals surface area contributed by atoms with E-state index < -0.39 is 0 Å². The molecule has 0 atom stereocenters. The molecule has 0 aromatic heterocycles. The van der Waals surface area contributed by atoms with Crippen LogP contribution in [-0.4, -0.2) is 0 Å². The van der Waals surface area contributed by atoms with Crippen molar-refractivity contribution in [2.75, 3.05) is 9.80 Å². The molecule has 1 aliphatic heterocycles. The van der Waals surface area contributed by atoms with Gasteiger partial charge in [0.1, 0.15) is 0 Å². The van der Waals surface area contributed by atoms with Crippen LogP contribution < -0.4 is 9.80 Å². The van der Waals surface area contributed by atoms with Crippen molar-refractivity contribution < 1.29 is 0 Å². The van der Waals surface area contributed by atoms with Crippen LogP contribution >= 0.6 is 0 Å². The van der Waals surface area contributed by atoms with Crippen molar-refractivity contribution in [1.82, 2.24) is 0 Å². The number of hydrogen-bond acceptors (Lipinski definition) is 2. The molecule has 316 valence electrons. The van der Waals surface area contributed by atoms with Crippen molar-refractivity contribution in [3.8, 4) is 22.3 Å². The molecule has 1 aliphatic carbocycles. The Bertz CT molecular complexity index is 3300. The SMILES string of the molecule is C=C1/C(c2cccc(N(C(/C=C\C(=C)c3cccc4ccccc34)=C/C)c3ccc(-c4cccc5c4CC=CC=C5)cc3)c2)=C\C=C/N(c2ccccc2)c2cc(-c3ccccc3)ccc21. The minimum absolute atomic E-state index is 0.895. The van der Waals surface area contributed by atoms with Crippen LogP contribution in [0.4, 0.5) is 22.7 Å². The Labute approximate surface area is 389 Å². The third-order valence-electron chi connectivity index (χ3n) is 12.6. The lowest BCUT2D eigenvalue weighted by Crippen LogP contribution is -2.15. The average molecular weight is 847 g/mol. The Hall–Kier alpha value is -8.46. The molecule has 66 heavy (non-hydrogen) atoms. The van der Waals surface area contributed by atoms with Crippen LogP contribution in [0.5, 0.6) is 0 Å². The highest BCUT2D eigenvalue weighted by Crippen LogP contribution is 2.43. The number of allylic oxidation sites excluding steroid dienone is 11. The van der Waals surface area contributed by atoms with Gasteiger partial charge in [-0.15, -0.1) is 0 Å². The summed E-state index contributed by atoms with van der Waals surface area (Å²) in [6, 6.07) is 67.2. The Balaban J connectivity index is 1.06. The fraction of sp³-hybridized carbons (Fsp3) is 0.0312. The third-order valence-corrected chi connectivity index (χ3v) is 12.6. The number of anilines is 4. The Kier molecular flexibility index (Phi) is 11.8. The van der Waals surface area contributed by atoms with Crippen molar-refractivity contribution in [1.29, 1.82) is 0 Å². The highest BCUT2D eigenvalue weighted by atomic mass is 15.1. The van der Waals surface area contributed by atoms with Crippen LogP contribution in [0.25, 0.3) is 55.8 Å². The predicted molar refractivity (Wildman–Crippen MR) is 285 cm³/mol. The van der Waals surface area contributed by atoms with E-state index in [0.29, 0.717) is 0 Å². The molecule has 0 amide bonds. The molecule has 0 radical (unpaired) electrons. The standard InChI is InChI=1S/C64H50N2/c1-4-54(39-35-46(2)58-32-17-24-49-23-14-15-31-61(49)58)66(56-40-36-51(37-41-56)63-33-18-25-50-22-10-6-13-30-62(50)63)57-29-16-26-53(44-57)59-34-19-43-65(55-27-11-7-12-28-55)64-45-52(38-42-60(64)47(59)3)48-20-8-5-9-21-48/h4-29,31-45H,2-3,30H2,1H3/b39-35-,43-19-,54-4+,59-34+. The number of fused-ring (bicyclic) bond motifs is 3. The maximum absolute atomic E-state index is 4.82. The highest BCUT2D eigenvalue weighted by Gasteiger charge is 2.22. The lowest BCUT2D eigenvalue weighted by molar-refractivity contribution is 1.20. The lowest BCUT2D eigenvalue weighted by atomic mass is 9.89. The fourth-order valence-corrected chi connectivity index (χ4v) is 9.25. The normalized spacial score (nSPS) is 14.7. The van der Waals surface area contributed by atoms with Gasteiger partial charge in [0, 0.05) is 34.5 Å². The molecule has 8 aromatic rings. The molecule has 0 spiro atoms. The summed E-state index contributed by atoms with van der Waals surface area (Å²) in [5.41, 5.74) is 18.8. The van der Waals surface area contributed by atoms with Gasteiger partial charge in [-0.25, -0.2) is 0 Å². The first-order valence-corrected chi connectivity index (χ1v) is 22.6. The van der Waals surface area contributed by atoms with Crippen molar-refractivity contribution in [2.24, 2.45) is 0 Å². The second kappa shape index (κ2) is 18.7. The molecular weight excluding hydrogens is 797 g/mol. The van der Waals surface area contributed by atoms with Crippen LogP contribution in [0.1, 0.15) is 34.7 Å². The summed E-state index contributed by atoms with van der Waals surface area (Å²) in [6.45, 7) is 11.5. The lowest BCUT2D eigenvalue weighted by Gasteiger charge is -2.29. The minimum Gasteiger partial charge on any atom is -0.317 e. The maximum Gasteiger partial charge on any atom is 0.0540 e. The third kappa shape index (κ3) is 8.36. The first kappa shape index (κ1) is 41.5. The zero-order chi connectivity index (χ0) is 44.8. The van der Waals surface area contributed by atoms with E-state index in [4.69, 9.17) is 6.58 Å². The predicted octanol–water partition coefficient (Wildman–Crippen LogP) is 17.4. The van der Waals surface area contributed by atoms with Gasteiger partial charge in [-0.2, -0.15) is 0 Å². The Morgan fingerprint density at radius 2 is 1.32 bits per heavy atom. The first-order valence-electron chi connectivity index (χ1n) is 22.6. The number of para-hydroxylation sites is 1. The van der Waals surface area contributed by atoms with Gasteiger partial charge in [-0.3, -0.25) is 0 Å². The smallest absolute Gasteiger partial charge is 0.0540 e. The van der Waals surface area contributed by atoms with Gasteiger partial charge in [0.15, 0.2) is 0 Å².